The molecule has 1 saturated carbocycles. The van der Waals surface area contributed by atoms with Crippen LogP contribution in [0.1, 0.15) is 39.0 Å². The molecule has 0 aromatic heterocycles. The number of likely N-dealkylation sites (N-methyl/N-ethyl adjacent to an activating group) is 1. The first-order chi connectivity index (χ1) is 8.31. The minimum atomic E-state index is 0.0734. The molecule has 0 unspecified atom stereocenters. The second-order valence-electron chi connectivity index (χ2n) is 4.90. The van der Waals surface area contributed by atoms with E-state index in [1.807, 2.05) is 11.9 Å². The molecule has 0 aromatic rings. The summed E-state index contributed by atoms with van der Waals surface area (Å²) in [4.78, 5) is 13.7. The highest BCUT2D eigenvalue weighted by atomic mass is 127. The molecule has 100 valence electrons. The number of carbonyl (C=O) groups is 1. The molecule has 3 nitrogen and oxygen atoms in total. The number of piperidine rings is 1. The van der Waals surface area contributed by atoms with E-state index < -0.39 is 0 Å². The van der Waals surface area contributed by atoms with Crippen LogP contribution in [-0.2, 0) is 4.79 Å². The van der Waals surface area contributed by atoms with Crippen LogP contribution in [0.2, 0.25) is 0 Å². The van der Waals surface area contributed by atoms with Crippen LogP contribution in [-0.4, -0.2) is 30.0 Å². The Kier molecular flexibility index (Phi) is 7.43. The average Bonchev–Trinajstić information content (AvgIpc) is 2.41. The van der Waals surface area contributed by atoms with E-state index in [2.05, 4.69) is 33.2 Å². The zero-order valence-corrected chi connectivity index (χ0v) is 13.1. The Balaban J connectivity index is 0.000000686. The molecule has 3 atom stereocenters. The van der Waals surface area contributed by atoms with Gasteiger partial charge in [-0.2, -0.15) is 0 Å². The number of hydrogen-bond acceptors (Lipinski definition) is 2. The van der Waals surface area contributed by atoms with Crippen molar-refractivity contribution in [2.24, 2.45) is 11.8 Å². The molecule has 1 amide bonds. The van der Waals surface area contributed by atoms with Crippen molar-refractivity contribution in [2.45, 2.75) is 45.1 Å². The molecule has 0 radical (unpaired) electrons. The van der Waals surface area contributed by atoms with Crippen molar-refractivity contribution in [3.05, 3.63) is 0 Å². The summed E-state index contributed by atoms with van der Waals surface area (Å²) >= 11 is 2.15. The minimum absolute atomic E-state index is 0.0734. The quantitative estimate of drug-likeness (QED) is 0.592. The van der Waals surface area contributed by atoms with E-state index >= 15 is 0 Å². The average molecular weight is 352 g/mol. The third kappa shape index (κ3) is 4.39. The number of hydrogen-bond donors (Lipinski definition) is 2. The van der Waals surface area contributed by atoms with Crippen LogP contribution >= 0.6 is 22.6 Å². The van der Waals surface area contributed by atoms with Crippen molar-refractivity contribution in [3.8, 4) is 0 Å². The first-order valence-corrected chi connectivity index (χ1v) is 8.86. The van der Waals surface area contributed by atoms with Crippen LogP contribution in [0.4, 0.5) is 0 Å². The van der Waals surface area contributed by atoms with Gasteiger partial charge in [0.15, 0.2) is 0 Å². The molecule has 0 aromatic carbocycles. The Hall–Kier alpha value is 0.160. The number of nitrogens with one attached hydrogen (secondary N) is 2. The number of halogens is 1. The van der Waals surface area contributed by atoms with Crippen LogP contribution in [0.15, 0.2) is 0 Å². The summed E-state index contributed by atoms with van der Waals surface area (Å²) in [7, 11) is 0. The molecule has 1 aliphatic carbocycles. The monoisotopic (exact) mass is 352 g/mol. The lowest BCUT2D eigenvalue weighted by molar-refractivity contribution is -0.124. The van der Waals surface area contributed by atoms with Gasteiger partial charge in [-0.25, -0.2) is 0 Å². The maximum Gasteiger partial charge on any atom is 0.237 e. The molecule has 1 aliphatic heterocycles. The van der Waals surface area contributed by atoms with Gasteiger partial charge in [-0.3, -0.25) is 4.79 Å². The van der Waals surface area contributed by atoms with Gasteiger partial charge in [0, 0.05) is 6.54 Å². The van der Waals surface area contributed by atoms with E-state index in [0.29, 0.717) is 0 Å². The van der Waals surface area contributed by atoms with Gasteiger partial charge in [0.1, 0.15) is 0 Å². The fourth-order valence-corrected chi connectivity index (χ4v) is 3.04. The highest BCUT2D eigenvalue weighted by Crippen LogP contribution is 2.35. The molecular weight excluding hydrogens is 327 g/mol. The van der Waals surface area contributed by atoms with E-state index in [0.717, 1.165) is 31.3 Å². The predicted octanol–water partition coefficient (Wildman–Crippen LogP) is 2.34. The second-order valence-corrected chi connectivity index (χ2v) is 4.90. The minimum Gasteiger partial charge on any atom is -0.355 e. The van der Waals surface area contributed by atoms with Crippen LogP contribution in [0.5, 0.6) is 0 Å². The largest absolute Gasteiger partial charge is 0.355 e. The van der Waals surface area contributed by atoms with Crippen molar-refractivity contribution in [1.82, 2.24) is 10.6 Å². The van der Waals surface area contributed by atoms with E-state index in [1.54, 1.807) is 0 Å². The number of fused-ring (bicyclic) bond motifs is 1. The molecule has 2 fully saturated rings. The van der Waals surface area contributed by atoms with Crippen LogP contribution in [0.3, 0.4) is 0 Å². The summed E-state index contributed by atoms with van der Waals surface area (Å²) in [5.74, 6) is 1.83. The lowest BCUT2D eigenvalue weighted by Gasteiger charge is -2.39. The molecule has 0 spiro atoms. The van der Waals surface area contributed by atoms with E-state index in [9.17, 15) is 4.79 Å². The summed E-state index contributed by atoms with van der Waals surface area (Å²) in [6.07, 6.45) is 6.50. The van der Waals surface area contributed by atoms with Crippen molar-refractivity contribution in [3.63, 3.8) is 0 Å². The maximum absolute atomic E-state index is 11.7. The van der Waals surface area contributed by atoms with Crippen LogP contribution in [0.25, 0.3) is 0 Å². The fraction of sp³-hybridized carbons (Fsp3) is 0.923. The SMILES string of the molecule is CCNC(=O)[C@@H]1C[C@@H]2CCCC[C@@H]2CN1.CI. The number of carbonyl (C=O) groups excluding carboxylic acids is 1. The van der Waals surface area contributed by atoms with Crippen molar-refractivity contribution in [2.75, 3.05) is 18.0 Å². The summed E-state index contributed by atoms with van der Waals surface area (Å²) < 4.78 is 0. The number of amides is 1. The van der Waals surface area contributed by atoms with Gasteiger partial charge in [0.25, 0.3) is 0 Å². The van der Waals surface area contributed by atoms with E-state index in [4.69, 9.17) is 0 Å². The Morgan fingerprint density at radius 2 is 1.94 bits per heavy atom. The van der Waals surface area contributed by atoms with Gasteiger partial charge in [-0.15, -0.1) is 0 Å². The fourth-order valence-electron chi connectivity index (χ4n) is 3.04. The normalized spacial score (nSPS) is 31.8. The first-order valence-electron chi connectivity index (χ1n) is 6.70. The molecule has 2 aliphatic rings. The van der Waals surface area contributed by atoms with Crippen LogP contribution in [0, 0.1) is 11.8 Å². The predicted molar refractivity (Wildman–Crippen MR) is 80.5 cm³/mol. The number of rotatable bonds is 2. The van der Waals surface area contributed by atoms with Gasteiger partial charge >= 0.3 is 0 Å². The van der Waals surface area contributed by atoms with Gasteiger partial charge in [0.2, 0.25) is 5.91 Å². The smallest absolute Gasteiger partial charge is 0.237 e. The zero-order chi connectivity index (χ0) is 12.7. The van der Waals surface area contributed by atoms with E-state index in [-0.39, 0.29) is 11.9 Å². The van der Waals surface area contributed by atoms with E-state index in [1.165, 1.54) is 25.7 Å². The Morgan fingerprint density at radius 3 is 2.59 bits per heavy atom. The lowest BCUT2D eigenvalue weighted by atomic mass is 9.73. The van der Waals surface area contributed by atoms with Crippen molar-refractivity contribution in [1.29, 1.82) is 0 Å². The standard InChI is InChI=1S/C12H22N2O.CH3I/c1-2-13-12(15)11-7-9-5-3-4-6-10(9)8-14-11;1-2/h9-11,14H,2-8H2,1H3,(H,13,15);1H3/t9-,10+,11-;/m0./s1. The summed E-state index contributed by atoms with van der Waals surface area (Å²) in [5.41, 5.74) is 0. The summed E-state index contributed by atoms with van der Waals surface area (Å²) in [5, 5.41) is 6.30. The molecule has 17 heavy (non-hydrogen) atoms. The molecular formula is C13H25IN2O. The Bertz CT molecular complexity index is 235. The van der Waals surface area contributed by atoms with Gasteiger partial charge in [-0.05, 0) is 43.1 Å². The summed E-state index contributed by atoms with van der Waals surface area (Å²) in [6, 6.07) is 0.0734. The molecule has 4 heteroatoms. The second kappa shape index (κ2) is 8.29. The molecule has 1 heterocycles. The van der Waals surface area contributed by atoms with Gasteiger partial charge in [-0.1, -0.05) is 41.9 Å². The number of alkyl halides is 1. The molecule has 2 rings (SSSR count). The van der Waals surface area contributed by atoms with Gasteiger partial charge in [0.05, 0.1) is 6.04 Å². The topological polar surface area (TPSA) is 41.1 Å². The van der Waals surface area contributed by atoms with Crippen molar-refractivity contribution >= 4 is 28.5 Å². The zero-order valence-electron chi connectivity index (χ0n) is 11.0. The summed E-state index contributed by atoms with van der Waals surface area (Å²) in [6.45, 7) is 3.77. The Morgan fingerprint density at radius 1 is 1.29 bits per heavy atom. The van der Waals surface area contributed by atoms with Crippen LogP contribution < -0.4 is 10.6 Å². The van der Waals surface area contributed by atoms with Gasteiger partial charge < -0.3 is 10.6 Å². The lowest BCUT2D eigenvalue weighted by Crippen LogP contribution is -2.52. The third-order valence-corrected chi connectivity index (χ3v) is 3.90. The molecule has 0 bridgehead atoms. The third-order valence-electron chi connectivity index (χ3n) is 3.90. The highest BCUT2D eigenvalue weighted by molar-refractivity contribution is 14.1. The first kappa shape index (κ1) is 15.2. The maximum atomic E-state index is 11.7. The molecule has 1 saturated heterocycles. The van der Waals surface area contributed by atoms with Crippen molar-refractivity contribution < 1.29 is 4.79 Å². The highest BCUT2D eigenvalue weighted by Gasteiger charge is 2.34. The Labute approximate surface area is 119 Å². The molecule has 2 N–H and O–H groups in total.